The van der Waals surface area contributed by atoms with Crippen LogP contribution in [-0.4, -0.2) is 10.2 Å². The summed E-state index contributed by atoms with van der Waals surface area (Å²) in [5.74, 6) is 0.543. The zero-order valence-corrected chi connectivity index (χ0v) is 8.81. The van der Waals surface area contributed by atoms with Gasteiger partial charge in [0.1, 0.15) is 0 Å². The summed E-state index contributed by atoms with van der Waals surface area (Å²) in [6.07, 6.45) is 0. The highest BCUT2D eigenvalue weighted by Crippen LogP contribution is 2.19. The molecule has 1 aromatic carbocycles. The number of rotatable bonds is 1. The molecule has 0 aliphatic carbocycles. The summed E-state index contributed by atoms with van der Waals surface area (Å²) in [6, 6.07) is 6.13. The summed E-state index contributed by atoms with van der Waals surface area (Å²) in [5.41, 5.74) is 3.32. The molecule has 0 fully saturated rings. The second kappa shape index (κ2) is 3.38. The van der Waals surface area contributed by atoms with Crippen LogP contribution in [-0.2, 0) is 0 Å². The lowest BCUT2D eigenvalue weighted by molar-refractivity contribution is 0.552. The minimum absolute atomic E-state index is 0.305. The average molecular weight is 206 g/mol. The van der Waals surface area contributed by atoms with Crippen LogP contribution in [0, 0.1) is 18.7 Å². The second-order valence-corrected chi connectivity index (χ2v) is 3.67. The van der Waals surface area contributed by atoms with Gasteiger partial charge in [-0.15, -0.1) is 5.10 Å². The zero-order valence-electron chi connectivity index (χ0n) is 8.00. The average Bonchev–Trinajstić information content (AvgIpc) is 2.50. The molecule has 1 N–H and O–H groups in total. The molecule has 0 radical (unpaired) electrons. The Kier molecular flexibility index (Phi) is 2.21. The van der Waals surface area contributed by atoms with Crippen molar-refractivity contribution in [3.05, 3.63) is 34.2 Å². The Morgan fingerprint density at radius 3 is 2.36 bits per heavy atom. The zero-order chi connectivity index (χ0) is 10.1. The van der Waals surface area contributed by atoms with Crippen molar-refractivity contribution in [1.82, 2.24) is 10.2 Å². The smallest absolute Gasteiger partial charge is 0.284 e. The Labute approximate surface area is 86.8 Å². The van der Waals surface area contributed by atoms with Crippen LogP contribution in [0.4, 0.5) is 0 Å². The third kappa shape index (κ3) is 1.75. The lowest BCUT2D eigenvalue weighted by atomic mass is 10.1. The summed E-state index contributed by atoms with van der Waals surface area (Å²) in [5, 5.41) is 6.58. The molecule has 3 nitrogen and oxygen atoms in total. The van der Waals surface area contributed by atoms with E-state index >= 15 is 0 Å². The first-order chi connectivity index (χ1) is 6.65. The predicted molar refractivity (Wildman–Crippen MR) is 56.6 cm³/mol. The van der Waals surface area contributed by atoms with Gasteiger partial charge in [0, 0.05) is 5.56 Å². The second-order valence-electron chi connectivity index (χ2n) is 3.29. The number of aromatic amines is 1. The SMILES string of the molecule is Cc1cc(C)cc(-c2n[nH]c(=S)o2)c1. The van der Waals surface area contributed by atoms with E-state index in [0.29, 0.717) is 10.7 Å². The molecule has 0 bridgehead atoms. The van der Waals surface area contributed by atoms with Gasteiger partial charge in [0.15, 0.2) is 0 Å². The number of aromatic nitrogens is 2. The van der Waals surface area contributed by atoms with Crippen LogP contribution in [0.1, 0.15) is 11.1 Å². The minimum atomic E-state index is 0.305. The van der Waals surface area contributed by atoms with Gasteiger partial charge in [-0.2, -0.15) is 0 Å². The number of H-pyrrole nitrogens is 1. The van der Waals surface area contributed by atoms with E-state index in [0.717, 1.165) is 5.56 Å². The maximum Gasteiger partial charge on any atom is 0.284 e. The molecule has 2 aromatic rings. The summed E-state index contributed by atoms with van der Waals surface area (Å²) >= 11 is 4.81. The van der Waals surface area contributed by atoms with Crippen molar-refractivity contribution in [2.45, 2.75) is 13.8 Å². The highest BCUT2D eigenvalue weighted by molar-refractivity contribution is 7.71. The Hall–Kier alpha value is -1.42. The van der Waals surface area contributed by atoms with Gasteiger partial charge in [-0.05, 0) is 38.2 Å². The van der Waals surface area contributed by atoms with Crippen LogP contribution >= 0.6 is 12.2 Å². The molecule has 0 amide bonds. The molecular weight excluding hydrogens is 196 g/mol. The van der Waals surface area contributed by atoms with Crippen LogP contribution < -0.4 is 0 Å². The summed E-state index contributed by atoms with van der Waals surface area (Å²) in [4.78, 5) is 0.305. The third-order valence-electron chi connectivity index (χ3n) is 1.91. The Balaban J connectivity index is 2.56. The van der Waals surface area contributed by atoms with Gasteiger partial charge in [0.05, 0.1) is 0 Å². The number of benzene rings is 1. The molecule has 1 aromatic heterocycles. The van der Waals surface area contributed by atoms with Crippen LogP contribution in [0.15, 0.2) is 22.6 Å². The Bertz CT molecular complexity index is 493. The van der Waals surface area contributed by atoms with Crippen LogP contribution in [0.5, 0.6) is 0 Å². The van der Waals surface area contributed by atoms with Gasteiger partial charge in [0.25, 0.3) is 4.84 Å². The standard InChI is InChI=1S/C10H10N2OS/c1-6-3-7(2)5-8(4-6)9-11-12-10(14)13-9/h3-5H,1-2H3,(H,12,14). The van der Waals surface area contributed by atoms with Gasteiger partial charge in [-0.3, -0.25) is 0 Å². The first-order valence-corrected chi connectivity index (χ1v) is 4.70. The van der Waals surface area contributed by atoms with Gasteiger partial charge in [-0.25, -0.2) is 5.10 Å². The largest absolute Gasteiger partial charge is 0.409 e. The van der Waals surface area contributed by atoms with E-state index < -0.39 is 0 Å². The van der Waals surface area contributed by atoms with Gasteiger partial charge >= 0.3 is 0 Å². The molecule has 72 valence electrons. The van der Waals surface area contributed by atoms with Crippen molar-refractivity contribution in [2.75, 3.05) is 0 Å². The van der Waals surface area contributed by atoms with E-state index in [-0.39, 0.29) is 0 Å². The van der Waals surface area contributed by atoms with E-state index in [1.165, 1.54) is 11.1 Å². The van der Waals surface area contributed by atoms with Gasteiger partial charge in [0.2, 0.25) is 5.89 Å². The highest BCUT2D eigenvalue weighted by atomic mass is 32.1. The lowest BCUT2D eigenvalue weighted by Crippen LogP contribution is -1.82. The summed E-state index contributed by atoms with van der Waals surface area (Å²) in [7, 11) is 0. The number of nitrogens with zero attached hydrogens (tertiary/aromatic N) is 1. The van der Waals surface area contributed by atoms with E-state index in [1.807, 2.05) is 26.0 Å². The number of hydrogen-bond donors (Lipinski definition) is 1. The summed E-state index contributed by atoms with van der Waals surface area (Å²) in [6.45, 7) is 4.08. The molecular formula is C10H10N2OS. The van der Waals surface area contributed by atoms with E-state index in [9.17, 15) is 0 Å². The van der Waals surface area contributed by atoms with Crippen LogP contribution in [0.2, 0.25) is 0 Å². The lowest BCUT2D eigenvalue weighted by Gasteiger charge is -1.99. The van der Waals surface area contributed by atoms with Crippen LogP contribution in [0.3, 0.4) is 0 Å². The highest BCUT2D eigenvalue weighted by Gasteiger charge is 2.04. The fraction of sp³-hybridized carbons (Fsp3) is 0.200. The molecule has 0 saturated carbocycles. The first kappa shape index (κ1) is 9.15. The first-order valence-electron chi connectivity index (χ1n) is 4.29. The Morgan fingerprint density at radius 1 is 1.21 bits per heavy atom. The van der Waals surface area contributed by atoms with E-state index in [2.05, 4.69) is 16.3 Å². The molecule has 0 saturated heterocycles. The minimum Gasteiger partial charge on any atom is -0.409 e. The predicted octanol–water partition coefficient (Wildman–Crippen LogP) is 3.02. The molecule has 0 atom stereocenters. The van der Waals surface area contributed by atoms with E-state index in [4.69, 9.17) is 16.6 Å². The fourth-order valence-electron chi connectivity index (χ4n) is 1.45. The van der Waals surface area contributed by atoms with Gasteiger partial charge in [-0.1, -0.05) is 17.2 Å². The van der Waals surface area contributed by atoms with E-state index in [1.54, 1.807) is 0 Å². The number of hydrogen-bond acceptors (Lipinski definition) is 3. The van der Waals surface area contributed by atoms with Crippen molar-refractivity contribution >= 4 is 12.2 Å². The monoisotopic (exact) mass is 206 g/mol. The molecule has 2 rings (SSSR count). The third-order valence-corrected chi connectivity index (χ3v) is 2.08. The van der Waals surface area contributed by atoms with Crippen molar-refractivity contribution < 1.29 is 4.42 Å². The van der Waals surface area contributed by atoms with Crippen molar-refractivity contribution in [2.24, 2.45) is 0 Å². The molecule has 0 aliphatic rings. The molecule has 0 aliphatic heterocycles. The molecule has 0 unspecified atom stereocenters. The Morgan fingerprint density at radius 2 is 1.86 bits per heavy atom. The number of aryl methyl sites for hydroxylation is 2. The van der Waals surface area contributed by atoms with Crippen molar-refractivity contribution in [3.63, 3.8) is 0 Å². The quantitative estimate of drug-likeness (QED) is 0.729. The maximum absolute atomic E-state index is 5.23. The molecule has 14 heavy (non-hydrogen) atoms. The summed E-state index contributed by atoms with van der Waals surface area (Å²) < 4.78 is 5.23. The molecule has 4 heteroatoms. The molecule has 0 spiro atoms. The topological polar surface area (TPSA) is 41.8 Å². The normalized spacial score (nSPS) is 10.4. The molecule has 1 heterocycles. The fourth-order valence-corrected chi connectivity index (χ4v) is 1.58. The van der Waals surface area contributed by atoms with Crippen LogP contribution in [0.25, 0.3) is 11.5 Å². The van der Waals surface area contributed by atoms with Crippen molar-refractivity contribution in [3.8, 4) is 11.5 Å². The van der Waals surface area contributed by atoms with Crippen molar-refractivity contribution in [1.29, 1.82) is 0 Å². The maximum atomic E-state index is 5.23. The number of nitrogens with one attached hydrogen (secondary N) is 1. The van der Waals surface area contributed by atoms with Gasteiger partial charge < -0.3 is 4.42 Å².